The van der Waals surface area contributed by atoms with E-state index in [0.29, 0.717) is 27.4 Å². The maximum absolute atomic E-state index is 13.3. The van der Waals surface area contributed by atoms with Crippen molar-refractivity contribution in [3.63, 3.8) is 0 Å². The summed E-state index contributed by atoms with van der Waals surface area (Å²) >= 11 is 1.30. The molecule has 0 bridgehead atoms. The monoisotopic (exact) mass is 368 g/mol. The van der Waals surface area contributed by atoms with E-state index in [-0.39, 0.29) is 17.6 Å². The topological polar surface area (TPSA) is 86.9 Å². The Balaban J connectivity index is 1.58. The first kappa shape index (κ1) is 16.2. The van der Waals surface area contributed by atoms with E-state index >= 15 is 0 Å². The Morgan fingerprint density at radius 2 is 1.96 bits per heavy atom. The van der Waals surface area contributed by atoms with Crippen LogP contribution in [0.1, 0.15) is 17.4 Å². The van der Waals surface area contributed by atoms with Crippen molar-refractivity contribution in [2.75, 3.05) is 10.6 Å². The molecule has 0 unspecified atom stereocenters. The van der Waals surface area contributed by atoms with E-state index in [4.69, 9.17) is 0 Å². The number of aromatic nitrogens is 2. The summed E-state index contributed by atoms with van der Waals surface area (Å²) in [6, 6.07) is 11.2. The Kier molecular flexibility index (Phi) is 3.89. The molecular weight excluding hydrogens is 355 g/mol. The second-order valence-electron chi connectivity index (χ2n) is 5.75. The SMILES string of the molecule is CC(=O)Nc1ccc2nc(NC(=O)c3cc4cc(F)ccc4[nH]3)sc2c1. The molecule has 2 heterocycles. The van der Waals surface area contributed by atoms with Crippen molar-refractivity contribution in [1.82, 2.24) is 9.97 Å². The Morgan fingerprint density at radius 1 is 1.12 bits per heavy atom. The molecule has 0 radical (unpaired) electrons. The van der Waals surface area contributed by atoms with Crippen molar-refractivity contribution in [2.24, 2.45) is 0 Å². The zero-order chi connectivity index (χ0) is 18.3. The van der Waals surface area contributed by atoms with Gasteiger partial charge in [0.15, 0.2) is 5.13 Å². The fourth-order valence-corrected chi connectivity index (χ4v) is 3.55. The number of rotatable bonds is 3. The Hall–Kier alpha value is -3.26. The molecule has 130 valence electrons. The number of benzene rings is 2. The summed E-state index contributed by atoms with van der Waals surface area (Å²) in [7, 11) is 0. The van der Waals surface area contributed by atoms with Crippen molar-refractivity contribution in [1.29, 1.82) is 0 Å². The first-order chi connectivity index (χ1) is 12.5. The second-order valence-corrected chi connectivity index (χ2v) is 6.78. The number of nitrogens with one attached hydrogen (secondary N) is 3. The third-order valence-corrected chi connectivity index (χ3v) is 4.69. The molecule has 8 heteroatoms. The zero-order valence-corrected chi connectivity index (χ0v) is 14.4. The molecule has 3 N–H and O–H groups in total. The Labute approximate surface area is 151 Å². The minimum absolute atomic E-state index is 0.155. The highest BCUT2D eigenvalue weighted by molar-refractivity contribution is 7.22. The van der Waals surface area contributed by atoms with Gasteiger partial charge in [-0.05, 0) is 42.5 Å². The molecule has 4 aromatic rings. The van der Waals surface area contributed by atoms with Crippen molar-refractivity contribution in [3.8, 4) is 0 Å². The third-order valence-electron chi connectivity index (χ3n) is 3.76. The van der Waals surface area contributed by atoms with Gasteiger partial charge in [-0.1, -0.05) is 11.3 Å². The van der Waals surface area contributed by atoms with Crippen LogP contribution in [0.25, 0.3) is 21.1 Å². The summed E-state index contributed by atoms with van der Waals surface area (Å²) in [5, 5.41) is 6.51. The van der Waals surface area contributed by atoms with E-state index < -0.39 is 0 Å². The number of halogens is 1. The van der Waals surface area contributed by atoms with Gasteiger partial charge >= 0.3 is 0 Å². The number of thiazole rings is 1. The quantitative estimate of drug-likeness (QED) is 0.508. The Morgan fingerprint density at radius 3 is 2.77 bits per heavy atom. The predicted octanol–water partition coefficient (Wildman–Crippen LogP) is 4.13. The lowest BCUT2D eigenvalue weighted by molar-refractivity contribution is -0.114. The first-order valence-corrected chi connectivity index (χ1v) is 8.57. The van der Waals surface area contributed by atoms with Gasteiger partial charge in [0, 0.05) is 23.5 Å². The van der Waals surface area contributed by atoms with E-state index in [1.54, 1.807) is 30.3 Å². The van der Waals surface area contributed by atoms with Gasteiger partial charge in [0.25, 0.3) is 5.91 Å². The van der Waals surface area contributed by atoms with E-state index in [1.165, 1.54) is 30.4 Å². The fourth-order valence-electron chi connectivity index (χ4n) is 2.65. The standard InChI is InChI=1S/C18H13FN4O2S/c1-9(24)20-12-3-5-14-16(8-12)26-18(22-14)23-17(25)15-7-10-6-11(19)2-4-13(10)21-15/h2-8,21H,1H3,(H,20,24)(H,22,23,25). The maximum Gasteiger partial charge on any atom is 0.273 e. The molecule has 4 rings (SSSR count). The highest BCUT2D eigenvalue weighted by atomic mass is 32.1. The Bertz CT molecular complexity index is 1160. The van der Waals surface area contributed by atoms with E-state index in [0.717, 1.165) is 10.2 Å². The molecule has 0 aliphatic heterocycles. The summed E-state index contributed by atoms with van der Waals surface area (Å²) in [5.41, 5.74) is 2.40. The molecule has 26 heavy (non-hydrogen) atoms. The molecule has 0 saturated heterocycles. The van der Waals surface area contributed by atoms with Gasteiger partial charge in [-0.2, -0.15) is 0 Å². The number of nitrogens with zero attached hydrogens (tertiary/aromatic N) is 1. The second kappa shape index (κ2) is 6.23. The maximum atomic E-state index is 13.3. The lowest BCUT2D eigenvalue weighted by Gasteiger charge is -1.99. The smallest absolute Gasteiger partial charge is 0.273 e. The molecule has 0 aliphatic rings. The minimum Gasteiger partial charge on any atom is -0.351 e. The average molecular weight is 368 g/mol. The first-order valence-electron chi connectivity index (χ1n) is 7.76. The minimum atomic E-state index is -0.359. The van der Waals surface area contributed by atoms with Gasteiger partial charge in [0.2, 0.25) is 5.91 Å². The van der Waals surface area contributed by atoms with Crippen molar-refractivity contribution in [2.45, 2.75) is 6.92 Å². The van der Waals surface area contributed by atoms with Gasteiger partial charge in [0.1, 0.15) is 11.5 Å². The molecule has 2 aromatic heterocycles. The average Bonchev–Trinajstić information content (AvgIpc) is 3.16. The van der Waals surface area contributed by atoms with Crippen LogP contribution in [0.3, 0.4) is 0 Å². The largest absolute Gasteiger partial charge is 0.351 e. The van der Waals surface area contributed by atoms with Crippen LogP contribution in [-0.2, 0) is 4.79 Å². The molecule has 0 spiro atoms. The van der Waals surface area contributed by atoms with Crippen LogP contribution in [0, 0.1) is 5.82 Å². The number of carbonyl (C=O) groups is 2. The van der Waals surface area contributed by atoms with Crippen LogP contribution in [0.5, 0.6) is 0 Å². The van der Waals surface area contributed by atoms with Gasteiger partial charge < -0.3 is 10.3 Å². The molecule has 2 aromatic carbocycles. The van der Waals surface area contributed by atoms with Crippen LogP contribution in [-0.4, -0.2) is 21.8 Å². The fraction of sp³-hybridized carbons (Fsp3) is 0.0556. The van der Waals surface area contributed by atoms with Crippen molar-refractivity contribution in [3.05, 3.63) is 54.0 Å². The van der Waals surface area contributed by atoms with Crippen LogP contribution in [0.15, 0.2) is 42.5 Å². The lowest BCUT2D eigenvalue weighted by Crippen LogP contribution is -2.11. The lowest BCUT2D eigenvalue weighted by atomic mass is 10.2. The number of carbonyl (C=O) groups excluding carboxylic acids is 2. The molecule has 0 aliphatic carbocycles. The van der Waals surface area contributed by atoms with E-state index in [1.807, 2.05) is 0 Å². The number of anilines is 2. The number of hydrogen-bond acceptors (Lipinski definition) is 4. The summed E-state index contributed by atoms with van der Waals surface area (Å²) in [6.45, 7) is 1.44. The van der Waals surface area contributed by atoms with Gasteiger partial charge in [0.05, 0.1) is 10.2 Å². The summed E-state index contributed by atoms with van der Waals surface area (Å²) in [5.74, 6) is -0.870. The highest BCUT2D eigenvalue weighted by Crippen LogP contribution is 2.29. The molecule has 0 saturated carbocycles. The van der Waals surface area contributed by atoms with Gasteiger partial charge in [-0.25, -0.2) is 9.37 Å². The third kappa shape index (κ3) is 3.14. The van der Waals surface area contributed by atoms with E-state index in [2.05, 4.69) is 20.6 Å². The van der Waals surface area contributed by atoms with Crippen molar-refractivity contribution >= 4 is 55.1 Å². The van der Waals surface area contributed by atoms with Gasteiger partial charge in [-0.15, -0.1) is 0 Å². The van der Waals surface area contributed by atoms with Gasteiger partial charge in [-0.3, -0.25) is 14.9 Å². The highest BCUT2D eigenvalue weighted by Gasteiger charge is 2.13. The molecule has 6 nitrogen and oxygen atoms in total. The summed E-state index contributed by atoms with van der Waals surface area (Å²) < 4.78 is 14.1. The summed E-state index contributed by atoms with van der Waals surface area (Å²) in [4.78, 5) is 30.9. The molecular formula is C18H13FN4O2S. The number of H-pyrrole nitrogens is 1. The normalized spacial score (nSPS) is 11.0. The molecule has 0 fully saturated rings. The summed E-state index contributed by atoms with van der Waals surface area (Å²) in [6.07, 6.45) is 0. The van der Waals surface area contributed by atoms with Crippen LogP contribution < -0.4 is 10.6 Å². The van der Waals surface area contributed by atoms with Crippen molar-refractivity contribution < 1.29 is 14.0 Å². The van der Waals surface area contributed by atoms with E-state index in [9.17, 15) is 14.0 Å². The van der Waals surface area contributed by atoms with Crippen LogP contribution in [0.4, 0.5) is 15.2 Å². The molecule has 0 atom stereocenters. The number of hydrogen-bond donors (Lipinski definition) is 3. The molecule has 2 amide bonds. The predicted molar refractivity (Wildman–Crippen MR) is 100 cm³/mol. The number of fused-ring (bicyclic) bond motifs is 2. The van der Waals surface area contributed by atoms with Crippen LogP contribution >= 0.6 is 11.3 Å². The zero-order valence-electron chi connectivity index (χ0n) is 13.6. The number of amides is 2. The number of aromatic amines is 1. The van der Waals surface area contributed by atoms with Crippen LogP contribution in [0.2, 0.25) is 0 Å².